The van der Waals surface area contributed by atoms with Crippen molar-refractivity contribution in [1.82, 2.24) is 4.98 Å². The van der Waals surface area contributed by atoms with Gasteiger partial charge in [0.05, 0.1) is 23.4 Å². The number of ether oxygens (including phenoxy) is 1. The number of aromatic nitrogens is 1. The molecular formula is C21H18ClN3O3. The molecule has 7 heteroatoms. The van der Waals surface area contributed by atoms with E-state index in [1.54, 1.807) is 37.4 Å². The second-order valence-corrected chi connectivity index (χ2v) is 6.35. The summed E-state index contributed by atoms with van der Waals surface area (Å²) < 4.78 is 4.73. The normalized spacial score (nSPS) is 10.2. The second-order valence-electron chi connectivity index (χ2n) is 5.94. The Hall–Kier alpha value is -3.38. The molecule has 0 spiro atoms. The van der Waals surface area contributed by atoms with Gasteiger partial charge in [0.25, 0.3) is 5.91 Å². The summed E-state index contributed by atoms with van der Waals surface area (Å²) in [6.07, 6.45) is 1.53. The molecule has 0 aliphatic rings. The number of carbonyl (C=O) groups is 2. The van der Waals surface area contributed by atoms with Crippen molar-refractivity contribution in [3.05, 3.63) is 83.1 Å². The van der Waals surface area contributed by atoms with E-state index in [1.165, 1.54) is 18.2 Å². The van der Waals surface area contributed by atoms with Crippen molar-refractivity contribution >= 4 is 40.5 Å². The average Bonchev–Trinajstić information content (AvgIpc) is 2.74. The molecule has 1 aromatic heterocycles. The van der Waals surface area contributed by atoms with Crippen LogP contribution in [0.4, 0.5) is 17.1 Å². The summed E-state index contributed by atoms with van der Waals surface area (Å²) in [5, 5.41) is 3.54. The zero-order valence-electron chi connectivity index (χ0n) is 15.3. The number of rotatable bonds is 5. The van der Waals surface area contributed by atoms with E-state index in [2.05, 4.69) is 10.3 Å². The first-order chi connectivity index (χ1) is 13.5. The summed E-state index contributed by atoms with van der Waals surface area (Å²) in [7, 11) is 3.00. The van der Waals surface area contributed by atoms with E-state index in [1.807, 2.05) is 30.3 Å². The highest BCUT2D eigenvalue weighted by Crippen LogP contribution is 2.27. The predicted octanol–water partition coefficient (Wildman–Crippen LogP) is 4.54. The number of para-hydroxylation sites is 1. The highest BCUT2D eigenvalue weighted by molar-refractivity contribution is 6.33. The number of nitrogens with one attached hydrogen (secondary N) is 1. The lowest BCUT2D eigenvalue weighted by Gasteiger charge is -2.17. The summed E-state index contributed by atoms with van der Waals surface area (Å²) >= 11 is 6.22. The van der Waals surface area contributed by atoms with Crippen LogP contribution < -0.4 is 10.2 Å². The first kappa shape index (κ1) is 19.4. The minimum Gasteiger partial charge on any atom is -0.465 e. The van der Waals surface area contributed by atoms with Gasteiger partial charge in [-0.15, -0.1) is 0 Å². The van der Waals surface area contributed by atoms with Gasteiger partial charge in [0.1, 0.15) is 5.69 Å². The molecule has 6 nitrogen and oxygen atoms in total. The Balaban J connectivity index is 1.84. The fourth-order valence-electron chi connectivity index (χ4n) is 2.59. The molecule has 1 heterocycles. The molecule has 1 N–H and O–H groups in total. The van der Waals surface area contributed by atoms with Crippen molar-refractivity contribution in [2.75, 3.05) is 24.4 Å². The SMILES string of the molecule is COC(=O)c1ccc(Cl)c(Nc2ccnc(C(=O)N(C)c3ccccc3)c2)c1. The molecule has 3 aromatic rings. The molecule has 28 heavy (non-hydrogen) atoms. The summed E-state index contributed by atoms with van der Waals surface area (Å²) in [5.41, 5.74) is 2.54. The van der Waals surface area contributed by atoms with Gasteiger partial charge in [-0.2, -0.15) is 0 Å². The maximum atomic E-state index is 12.7. The molecule has 2 aromatic carbocycles. The van der Waals surface area contributed by atoms with Crippen LogP contribution in [0.25, 0.3) is 0 Å². The number of esters is 1. The molecule has 3 rings (SSSR count). The first-order valence-corrected chi connectivity index (χ1v) is 8.81. The summed E-state index contributed by atoms with van der Waals surface area (Å²) in [5.74, 6) is -0.709. The maximum absolute atomic E-state index is 12.7. The standard InChI is InChI=1S/C21H18ClN3O3/c1-25(16-6-4-3-5-7-16)20(26)19-13-15(10-11-23-19)24-18-12-14(21(27)28-2)8-9-17(18)22/h3-13H,1-2H3,(H,23,24). The van der Waals surface area contributed by atoms with Crippen molar-refractivity contribution in [2.24, 2.45) is 0 Å². The number of methoxy groups -OCH3 is 1. The lowest BCUT2D eigenvalue weighted by atomic mass is 10.2. The lowest BCUT2D eigenvalue weighted by molar-refractivity contribution is 0.0600. The summed E-state index contributed by atoms with van der Waals surface area (Å²) in [6, 6.07) is 17.4. The molecule has 0 atom stereocenters. The number of nitrogens with zero attached hydrogens (tertiary/aromatic N) is 2. The van der Waals surface area contributed by atoms with Gasteiger partial charge in [0.2, 0.25) is 0 Å². The van der Waals surface area contributed by atoms with Crippen LogP contribution >= 0.6 is 11.6 Å². The Kier molecular flexibility index (Phi) is 5.91. The van der Waals surface area contributed by atoms with E-state index in [0.717, 1.165) is 5.69 Å². The van der Waals surface area contributed by atoms with Gasteiger partial charge in [-0.25, -0.2) is 4.79 Å². The number of anilines is 3. The largest absolute Gasteiger partial charge is 0.465 e. The molecule has 0 aliphatic heterocycles. The van der Waals surface area contributed by atoms with Crippen molar-refractivity contribution in [1.29, 1.82) is 0 Å². The highest BCUT2D eigenvalue weighted by Gasteiger charge is 2.16. The third kappa shape index (κ3) is 4.29. The zero-order chi connectivity index (χ0) is 20.1. The molecule has 0 unspecified atom stereocenters. The van der Waals surface area contributed by atoms with Gasteiger partial charge in [0, 0.05) is 24.6 Å². The molecule has 1 amide bonds. The Morgan fingerprint density at radius 2 is 1.82 bits per heavy atom. The molecule has 0 radical (unpaired) electrons. The van der Waals surface area contributed by atoms with E-state index in [0.29, 0.717) is 22.0 Å². The third-order valence-electron chi connectivity index (χ3n) is 4.09. The Morgan fingerprint density at radius 3 is 2.54 bits per heavy atom. The summed E-state index contributed by atoms with van der Waals surface area (Å²) in [4.78, 5) is 30.2. The van der Waals surface area contributed by atoms with Crippen LogP contribution in [0.15, 0.2) is 66.9 Å². The summed E-state index contributed by atoms with van der Waals surface area (Å²) in [6.45, 7) is 0. The van der Waals surface area contributed by atoms with Crippen LogP contribution in [-0.4, -0.2) is 31.0 Å². The number of amides is 1. The molecule has 0 saturated carbocycles. The fraction of sp³-hybridized carbons (Fsp3) is 0.0952. The van der Waals surface area contributed by atoms with Crippen LogP contribution in [0.5, 0.6) is 0 Å². The smallest absolute Gasteiger partial charge is 0.337 e. The van der Waals surface area contributed by atoms with E-state index >= 15 is 0 Å². The zero-order valence-corrected chi connectivity index (χ0v) is 16.1. The van der Waals surface area contributed by atoms with Crippen LogP contribution in [-0.2, 0) is 4.74 Å². The Labute approximate surface area is 167 Å². The fourth-order valence-corrected chi connectivity index (χ4v) is 2.75. The maximum Gasteiger partial charge on any atom is 0.337 e. The van der Waals surface area contributed by atoms with Crippen LogP contribution in [0.1, 0.15) is 20.8 Å². The predicted molar refractivity (Wildman–Crippen MR) is 109 cm³/mol. The van der Waals surface area contributed by atoms with Gasteiger partial charge in [0.15, 0.2) is 0 Å². The molecule has 0 saturated heterocycles. The van der Waals surface area contributed by atoms with Crippen LogP contribution in [0.3, 0.4) is 0 Å². The van der Waals surface area contributed by atoms with Crippen molar-refractivity contribution < 1.29 is 14.3 Å². The number of hydrogen-bond acceptors (Lipinski definition) is 5. The topological polar surface area (TPSA) is 71.5 Å². The quantitative estimate of drug-likeness (QED) is 0.642. The van der Waals surface area contributed by atoms with Gasteiger partial charge in [-0.1, -0.05) is 29.8 Å². The van der Waals surface area contributed by atoms with E-state index in [4.69, 9.17) is 16.3 Å². The minimum absolute atomic E-state index is 0.246. The molecule has 0 bridgehead atoms. The monoisotopic (exact) mass is 395 g/mol. The lowest BCUT2D eigenvalue weighted by Crippen LogP contribution is -2.27. The number of hydrogen-bond donors (Lipinski definition) is 1. The first-order valence-electron chi connectivity index (χ1n) is 8.43. The van der Waals surface area contributed by atoms with E-state index < -0.39 is 5.97 Å². The third-order valence-corrected chi connectivity index (χ3v) is 4.42. The number of carbonyl (C=O) groups excluding carboxylic acids is 2. The van der Waals surface area contributed by atoms with Crippen molar-refractivity contribution in [3.63, 3.8) is 0 Å². The molecule has 0 fully saturated rings. The van der Waals surface area contributed by atoms with Gasteiger partial charge in [-0.05, 0) is 42.5 Å². The highest BCUT2D eigenvalue weighted by atomic mass is 35.5. The van der Waals surface area contributed by atoms with Crippen LogP contribution in [0, 0.1) is 0 Å². The minimum atomic E-state index is -0.463. The molecular weight excluding hydrogens is 378 g/mol. The van der Waals surface area contributed by atoms with Crippen molar-refractivity contribution in [2.45, 2.75) is 0 Å². The Bertz CT molecular complexity index is 1010. The van der Waals surface area contributed by atoms with Gasteiger partial charge < -0.3 is 15.0 Å². The van der Waals surface area contributed by atoms with Gasteiger partial charge in [-0.3, -0.25) is 9.78 Å². The molecule has 0 aliphatic carbocycles. The number of halogens is 1. The van der Waals surface area contributed by atoms with Crippen LogP contribution in [0.2, 0.25) is 5.02 Å². The average molecular weight is 396 g/mol. The van der Waals surface area contributed by atoms with Gasteiger partial charge >= 0.3 is 5.97 Å². The second kappa shape index (κ2) is 8.54. The Morgan fingerprint density at radius 1 is 1.07 bits per heavy atom. The van der Waals surface area contributed by atoms with E-state index in [9.17, 15) is 9.59 Å². The number of pyridine rings is 1. The van der Waals surface area contributed by atoms with E-state index in [-0.39, 0.29) is 11.6 Å². The number of benzene rings is 2. The molecule has 142 valence electrons. The van der Waals surface area contributed by atoms with Crippen molar-refractivity contribution in [3.8, 4) is 0 Å².